The van der Waals surface area contributed by atoms with Gasteiger partial charge in [-0.3, -0.25) is 4.79 Å². The summed E-state index contributed by atoms with van der Waals surface area (Å²) >= 11 is 0. The third kappa shape index (κ3) is 4.68. The molecule has 0 bridgehead atoms. The van der Waals surface area contributed by atoms with Crippen LogP contribution in [0.4, 0.5) is 0 Å². The monoisotopic (exact) mass is 318 g/mol. The summed E-state index contributed by atoms with van der Waals surface area (Å²) < 4.78 is 15.7. The largest absolute Gasteiger partial charge is 0.496 e. The molecule has 0 aromatic heterocycles. The topological polar surface area (TPSA) is 60.0 Å². The fourth-order valence-electron chi connectivity index (χ4n) is 1.78. The van der Waals surface area contributed by atoms with E-state index in [-0.39, 0.29) is 18.3 Å². The van der Waals surface area contributed by atoms with Crippen molar-refractivity contribution in [2.24, 2.45) is 0 Å². The quantitative estimate of drug-likeness (QED) is 0.824. The van der Waals surface area contributed by atoms with Crippen LogP contribution in [-0.2, 0) is 0 Å². The first kappa shape index (κ1) is 19.3. The fraction of sp³-hybridized carbons (Fsp3) is 0.500. The minimum atomic E-state index is -0.127. The van der Waals surface area contributed by atoms with E-state index in [4.69, 9.17) is 14.2 Å². The Kier molecular flexibility index (Phi) is 8.57. The summed E-state index contributed by atoms with van der Waals surface area (Å²) in [6, 6.07) is 3.29. The predicted molar refractivity (Wildman–Crippen MR) is 84.2 cm³/mol. The number of hydrogen-bond donors (Lipinski definition) is 1. The number of amides is 1. The molecule has 1 rings (SSSR count). The first-order valence-corrected chi connectivity index (χ1v) is 6.29. The molecular formula is C14H23ClN2O4. The molecule has 0 aliphatic rings. The third-order valence-corrected chi connectivity index (χ3v) is 2.98. The van der Waals surface area contributed by atoms with Crippen molar-refractivity contribution in [1.29, 1.82) is 0 Å². The number of likely N-dealkylation sites (N-methyl/N-ethyl adjacent to an activating group) is 2. The Bertz CT molecular complexity index is 469. The van der Waals surface area contributed by atoms with Gasteiger partial charge < -0.3 is 24.4 Å². The van der Waals surface area contributed by atoms with E-state index in [1.54, 1.807) is 24.1 Å². The normalized spacial score (nSPS) is 9.57. The van der Waals surface area contributed by atoms with Crippen molar-refractivity contribution in [1.82, 2.24) is 10.2 Å². The predicted octanol–water partition coefficient (Wildman–Crippen LogP) is 1.43. The molecule has 1 aromatic rings. The molecule has 0 spiro atoms. The Morgan fingerprint density at radius 1 is 1.10 bits per heavy atom. The van der Waals surface area contributed by atoms with Crippen molar-refractivity contribution >= 4 is 18.3 Å². The second-order valence-corrected chi connectivity index (χ2v) is 4.24. The van der Waals surface area contributed by atoms with E-state index < -0.39 is 0 Å². The summed E-state index contributed by atoms with van der Waals surface area (Å²) in [5.41, 5.74) is 0.448. The van der Waals surface area contributed by atoms with Crippen LogP contribution in [0.5, 0.6) is 17.2 Å². The van der Waals surface area contributed by atoms with Crippen molar-refractivity contribution in [3.63, 3.8) is 0 Å². The molecule has 0 saturated carbocycles. The molecule has 0 aliphatic carbocycles. The van der Waals surface area contributed by atoms with Gasteiger partial charge in [-0.15, -0.1) is 12.4 Å². The van der Waals surface area contributed by atoms with E-state index in [0.29, 0.717) is 29.4 Å². The summed E-state index contributed by atoms with van der Waals surface area (Å²) in [6.45, 7) is 1.32. The summed E-state index contributed by atoms with van der Waals surface area (Å²) in [7, 11) is 8.18. The molecule has 0 heterocycles. The van der Waals surface area contributed by atoms with Crippen molar-refractivity contribution in [2.45, 2.75) is 0 Å². The molecule has 6 nitrogen and oxygen atoms in total. The fourth-order valence-corrected chi connectivity index (χ4v) is 1.78. The van der Waals surface area contributed by atoms with Crippen LogP contribution in [0.1, 0.15) is 10.4 Å². The van der Waals surface area contributed by atoms with E-state index in [1.165, 1.54) is 21.3 Å². The molecule has 0 radical (unpaired) electrons. The summed E-state index contributed by atoms with van der Waals surface area (Å²) in [6.07, 6.45) is 0. The zero-order valence-corrected chi connectivity index (χ0v) is 13.9. The van der Waals surface area contributed by atoms with Crippen molar-refractivity contribution in [3.8, 4) is 17.2 Å². The van der Waals surface area contributed by atoms with Gasteiger partial charge in [0.25, 0.3) is 5.91 Å². The van der Waals surface area contributed by atoms with Crippen molar-refractivity contribution in [2.75, 3.05) is 48.5 Å². The number of nitrogens with zero attached hydrogens (tertiary/aromatic N) is 1. The van der Waals surface area contributed by atoms with Crippen LogP contribution >= 0.6 is 12.4 Å². The summed E-state index contributed by atoms with van der Waals surface area (Å²) in [5, 5.41) is 3.00. The van der Waals surface area contributed by atoms with Gasteiger partial charge in [-0.25, -0.2) is 0 Å². The zero-order valence-electron chi connectivity index (χ0n) is 13.1. The molecule has 1 amide bonds. The standard InChI is InChI=1S/C14H22N2O4.ClH/c1-15-6-7-16(2)14(17)10-8-12(19-4)13(20-5)9-11(10)18-3;/h8-9,15H,6-7H2,1-5H3;1H. The molecule has 21 heavy (non-hydrogen) atoms. The minimum absolute atomic E-state index is 0. The van der Waals surface area contributed by atoms with Crippen LogP contribution in [0.25, 0.3) is 0 Å². The van der Waals surface area contributed by atoms with Gasteiger partial charge in [-0.05, 0) is 7.05 Å². The maximum Gasteiger partial charge on any atom is 0.257 e. The Morgan fingerprint density at radius 3 is 2.10 bits per heavy atom. The van der Waals surface area contributed by atoms with Gasteiger partial charge in [-0.2, -0.15) is 0 Å². The number of ether oxygens (including phenoxy) is 3. The minimum Gasteiger partial charge on any atom is -0.496 e. The first-order valence-electron chi connectivity index (χ1n) is 6.29. The molecule has 7 heteroatoms. The number of benzene rings is 1. The second kappa shape index (κ2) is 9.31. The molecule has 1 aromatic carbocycles. The maximum atomic E-state index is 12.4. The van der Waals surface area contributed by atoms with E-state index in [0.717, 1.165) is 6.54 Å². The lowest BCUT2D eigenvalue weighted by Crippen LogP contribution is -2.33. The molecule has 120 valence electrons. The molecule has 0 atom stereocenters. The van der Waals surface area contributed by atoms with Gasteiger partial charge in [0.2, 0.25) is 0 Å². The highest BCUT2D eigenvalue weighted by Gasteiger charge is 2.20. The number of carbonyl (C=O) groups is 1. The van der Waals surface area contributed by atoms with Crippen LogP contribution in [0.3, 0.4) is 0 Å². The van der Waals surface area contributed by atoms with Gasteiger partial charge in [0.15, 0.2) is 11.5 Å². The Hall–Kier alpha value is -1.66. The maximum absolute atomic E-state index is 12.4. The molecule has 0 unspecified atom stereocenters. The third-order valence-electron chi connectivity index (χ3n) is 2.98. The highest BCUT2D eigenvalue weighted by Crippen LogP contribution is 2.35. The number of methoxy groups -OCH3 is 3. The van der Waals surface area contributed by atoms with Crippen LogP contribution in [-0.4, -0.2) is 59.3 Å². The van der Waals surface area contributed by atoms with Crippen LogP contribution in [0.15, 0.2) is 12.1 Å². The van der Waals surface area contributed by atoms with Crippen LogP contribution in [0, 0.1) is 0 Å². The Labute approximate surface area is 131 Å². The van der Waals surface area contributed by atoms with E-state index in [9.17, 15) is 4.79 Å². The van der Waals surface area contributed by atoms with Crippen LogP contribution < -0.4 is 19.5 Å². The highest BCUT2D eigenvalue weighted by molar-refractivity contribution is 5.97. The second-order valence-electron chi connectivity index (χ2n) is 4.24. The smallest absolute Gasteiger partial charge is 0.257 e. The first-order chi connectivity index (χ1) is 9.58. The molecule has 0 saturated heterocycles. The lowest BCUT2D eigenvalue weighted by atomic mass is 10.1. The number of halogens is 1. The molecule has 0 aliphatic heterocycles. The summed E-state index contributed by atoms with van der Waals surface area (Å²) in [5.74, 6) is 1.36. The van der Waals surface area contributed by atoms with Gasteiger partial charge in [0, 0.05) is 32.3 Å². The number of nitrogens with one attached hydrogen (secondary N) is 1. The Balaban J connectivity index is 0.00000400. The zero-order chi connectivity index (χ0) is 15.1. The Morgan fingerprint density at radius 2 is 1.62 bits per heavy atom. The number of rotatable bonds is 7. The highest BCUT2D eigenvalue weighted by atomic mass is 35.5. The van der Waals surface area contributed by atoms with Crippen molar-refractivity contribution < 1.29 is 19.0 Å². The average Bonchev–Trinajstić information content (AvgIpc) is 2.50. The van der Waals surface area contributed by atoms with E-state index in [2.05, 4.69) is 5.32 Å². The van der Waals surface area contributed by atoms with Gasteiger partial charge in [0.1, 0.15) is 5.75 Å². The molecular weight excluding hydrogens is 296 g/mol. The van der Waals surface area contributed by atoms with Gasteiger partial charge >= 0.3 is 0 Å². The van der Waals surface area contributed by atoms with Crippen LogP contribution in [0.2, 0.25) is 0 Å². The lowest BCUT2D eigenvalue weighted by Gasteiger charge is -2.19. The SMILES string of the molecule is CNCCN(C)C(=O)c1cc(OC)c(OC)cc1OC.Cl. The van der Waals surface area contributed by atoms with E-state index in [1.807, 2.05) is 7.05 Å². The molecule has 0 fully saturated rings. The van der Waals surface area contributed by atoms with Gasteiger partial charge in [-0.1, -0.05) is 0 Å². The average molecular weight is 319 g/mol. The van der Waals surface area contributed by atoms with Crippen molar-refractivity contribution in [3.05, 3.63) is 17.7 Å². The number of carbonyl (C=O) groups excluding carboxylic acids is 1. The number of hydrogen-bond acceptors (Lipinski definition) is 5. The van der Waals surface area contributed by atoms with E-state index >= 15 is 0 Å². The molecule has 1 N–H and O–H groups in total. The summed E-state index contributed by atoms with van der Waals surface area (Å²) in [4.78, 5) is 14.0. The van der Waals surface area contributed by atoms with Gasteiger partial charge in [0.05, 0.1) is 26.9 Å². The lowest BCUT2D eigenvalue weighted by molar-refractivity contribution is 0.0793.